The maximum absolute atomic E-state index is 13.4. The Morgan fingerprint density at radius 1 is 0.500 bits per heavy atom. The van der Waals surface area contributed by atoms with Crippen molar-refractivity contribution < 1.29 is 49.3 Å². The molecule has 0 aromatic carbocycles. The minimum Gasteiger partial charge on any atom is -0.454 e. The van der Waals surface area contributed by atoms with Gasteiger partial charge in [-0.1, -0.05) is 246 Å². The summed E-state index contributed by atoms with van der Waals surface area (Å²) in [5.41, 5.74) is 0. The molecule has 1 rings (SSSR count). The van der Waals surface area contributed by atoms with Crippen LogP contribution in [0.2, 0.25) is 0 Å². The summed E-state index contributed by atoms with van der Waals surface area (Å²) in [6, 6.07) is -1.06. The Balaban J connectivity index is 2.70. The summed E-state index contributed by atoms with van der Waals surface area (Å²) in [4.78, 5) is 26.6. The number of hydrogen-bond acceptors (Lipinski definition) is 10. The predicted octanol–water partition coefficient (Wildman–Crippen LogP) is 15.7. The number of esters is 1. The van der Waals surface area contributed by atoms with Gasteiger partial charge in [-0.3, -0.25) is 9.59 Å². The molecule has 0 saturated carbocycles. The fourth-order valence-electron chi connectivity index (χ4n) is 9.34. The van der Waals surface area contributed by atoms with Crippen molar-refractivity contribution in [2.45, 2.75) is 301 Å². The Morgan fingerprint density at radius 3 is 1.38 bits per heavy atom. The van der Waals surface area contributed by atoms with E-state index in [2.05, 4.69) is 117 Å². The van der Waals surface area contributed by atoms with Crippen molar-refractivity contribution in [1.82, 2.24) is 5.32 Å². The van der Waals surface area contributed by atoms with Crippen LogP contribution >= 0.6 is 0 Å². The summed E-state index contributed by atoms with van der Waals surface area (Å²) < 4.78 is 17.6. The molecule has 6 N–H and O–H groups in total. The Hall–Kier alpha value is -3.68. The molecule has 0 radical (unpaired) electrons. The molecule has 458 valence electrons. The SMILES string of the molecule is CC/C=C\C/C=C\C/C=C\C/C=C\C/C=C\C/C=C\CCCC(O)C(=O)NC(COC1OC(CO)C(O)C(O)C1OC(=O)CCCCCCCCCCC/C=C\C/C=C\CCCCC)C(O)/C=C/CCCCCCCCCCCC. The summed E-state index contributed by atoms with van der Waals surface area (Å²) in [6.45, 7) is 5.62. The third-order valence-corrected chi connectivity index (χ3v) is 14.4. The van der Waals surface area contributed by atoms with Crippen LogP contribution < -0.4 is 5.32 Å². The van der Waals surface area contributed by atoms with E-state index in [0.717, 1.165) is 103 Å². The lowest BCUT2D eigenvalue weighted by Gasteiger charge is -2.41. The number of allylic oxidation sites excluding steroid dienone is 17. The molecule has 1 aliphatic heterocycles. The van der Waals surface area contributed by atoms with Crippen molar-refractivity contribution in [3.05, 3.63) is 109 Å². The summed E-state index contributed by atoms with van der Waals surface area (Å²) in [5.74, 6) is -1.25. The number of ether oxygens (including phenoxy) is 3. The zero-order chi connectivity index (χ0) is 58.2. The molecule has 0 bridgehead atoms. The van der Waals surface area contributed by atoms with Crippen molar-refractivity contribution in [3.8, 4) is 0 Å². The van der Waals surface area contributed by atoms with Gasteiger partial charge < -0.3 is 45.1 Å². The molecule has 1 aliphatic rings. The molecular formula is C69H117NO10. The molecule has 0 aliphatic carbocycles. The van der Waals surface area contributed by atoms with Crippen LogP contribution in [0.3, 0.4) is 0 Å². The molecule has 1 fully saturated rings. The van der Waals surface area contributed by atoms with Gasteiger partial charge in [0.1, 0.15) is 24.4 Å². The molecular weight excluding hydrogens is 1000 g/mol. The van der Waals surface area contributed by atoms with E-state index in [1.807, 2.05) is 12.2 Å². The molecule has 1 saturated heterocycles. The Kier molecular flexibility index (Phi) is 51.9. The number of hydrogen-bond donors (Lipinski definition) is 6. The van der Waals surface area contributed by atoms with Crippen LogP contribution in [0.25, 0.3) is 0 Å². The van der Waals surface area contributed by atoms with Gasteiger partial charge in [0.15, 0.2) is 12.4 Å². The minimum absolute atomic E-state index is 0.108. The van der Waals surface area contributed by atoms with E-state index in [9.17, 15) is 35.1 Å². The number of carbonyl (C=O) groups is 2. The monoisotopic (exact) mass is 1120 g/mol. The number of amides is 1. The smallest absolute Gasteiger partial charge is 0.306 e. The molecule has 80 heavy (non-hydrogen) atoms. The zero-order valence-corrected chi connectivity index (χ0v) is 50.7. The fourth-order valence-corrected chi connectivity index (χ4v) is 9.34. The van der Waals surface area contributed by atoms with Gasteiger partial charge >= 0.3 is 5.97 Å². The van der Waals surface area contributed by atoms with Crippen LogP contribution in [0.1, 0.15) is 252 Å². The molecule has 8 unspecified atom stereocenters. The van der Waals surface area contributed by atoms with Gasteiger partial charge in [0.25, 0.3) is 0 Å². The first-order chi connectivity index (χ1) is 39.2. The average Bonchev–Trinajstić information content (AvgIpc) is 3.45. The van der Waals surface area contributed by atoms with Crippen LogP contribution in [-0.2, 0) is 23.8 Å². The van der Waals surface area contributed by atoms with Crippen molar-refractivity contribution in [2.24, 2.45) is 0 Å². The van der Waals surface area contributed by atoms with Crippen molar-refractivity contribution in [1.29, 1.82) is 0 Å². The van der Waals surface area contributed by atoms with Gasteiger partial charge in [0, 0.05) is 6.42 Å². The topological polar surface area (TPSA) is 175 Å². The largest absolute Gasteiger partial charge is 0.454 e. The maximum Gasteiger partial charge on any atom is 0.306 e. The first-order valence-electron chi connectivity index (χ1n) is 32.2. The van der Waals surface area contributed by atoms with Crippen LogP contribution in [-0.4, -0.2) is 99.6 Å². The maximum atomic E-state index is 13.4. The second-order valence-electron chi connectivity index (χ2n) is 21.8. The molecule has 1 amide bonds. The number of nitrogens with one attached hydrogen (secondary N) is 1. The molecule has 8 atom stereocenters. The third kappa shape index (κ3) is 43.1. The Morgan fingerprint density at radius 2 is 0.900 bits per heavy atom. The van der Waals surface area contributed by atoms with E-state index in [1.165, 1.54) is 96.3 Å². The quantitative estimate of drug-likeness (QED) is 0.0195. The van der Waals surface area contributed by atoms with Crippen molar-refractivity contribution in [2.75, 3.05) is 13.2 Å². The summed E-state index contributed by atoms with van der Waals surface area (Å²) in [6.07, 6.45) is 65.5. The van der Waals surface area contributed by atoms with E-state index in [4.69, 9.17) is 14.2 Å². The van der Waals surface area contributed by atoms with Crippen LogP contribution in [0, 0.1) is 0 Å². The van der Waals surface area contributed by atoms with Crippen LogP contribution in [0.15, 0.2) is 109 Å². The van der Waals surface area contributed by atoms with Crippen LogP contribution in [0.4, 0.5) is 0 Å². The summed E-state index contributed by atoms with van der Waals surface area (Å²) >= 11 is 0. The highest BCUT2D eigenvalue weighted by atomic mass is 16.7. The number of unbranched alkanes of at least 4 members (excludes halogenated alkanes) is 23. The van der Waals surface area contributed by atoms with E-state index in [-0.39, 0.29) is 19.4 Å². The highest BCUT2D eigenvalue weighted by molar-refractivity contribution is 5.80. The number of rotatable bonds is 53. The van der Waals surface area contributed by atoms with E-state index in [1.54, 1.807) is 6.08 Å². The lowest BCUT2D eigenvalue weighted by molar-refractivity contribution is -0.305. The standard InChI is InChI=1S/C69H117NO10/c1-4-7-10-13-16-19-22-25-27-29-31-33-34-36-38-41-44-47-50-53-56-62(73)68(77)70-60(61(72)55-52-49-46-43-40-24-21-18-15-12-9-6-3)59-78-69-67(66(76)65(75)63(58-71)79-69)80-64(74)57-54-51-48-45-42-39-37-35-32-30-28-26-23-20-17-14-11-8-5-2/h7,10,16-17,19-20,25-28,31,33,36,38,44,47,52,55,60-63,65-67,69,71-73,75-76H,4-6,8-9,11-15,18,21-24,29-30,32,34-35,37,39-43,45-46,48-51,53-54,56-59H2,1-3H3,(H,70,77)/b10-7-,19-16-,20-17-,27-25-,28-26-,33-31-,38-36-,47-44-,55-52+. The lowest BCUT2D eigenvalue weighted by atomic mass is 9.99. The highest BCUT2D eigenvalue weighted by Gasteiger charge is 2.47. The first kappa shape index (κ1) is 74.3. The van der Waals surface area contributed by atoms with Gasteiger partial charge in [0.05, 0.1) is 25.4 Å². The normalized spacial score (nSPS) is 19.5. The first-order valence-corrected chi connectivity index (χ1v) is 32.2. The molecule has 11 nitrogen and oxygen atoms in total. The van der Waals surface area contributed by atoms with E-state index in [0.29, 0.717) is 19.3 Å². The van der Waals surface area contributed by atoms with Gasteiger partial charge in [-0.2, -0.15) is 0 Å². The van der Waals surface area contributed by atoms with Gasteiger partial charge in [-0.25, -0.2) is 0 Å². The van der Waals surface area contributed by atoms with E-state index < -0.39 is 67.4 Å². The van der Waals surface area contributed by atoms with E-state index >= 15 is 0 Å². The highest BCUT2D eigenvalue weighted by Crippen LogP contribution is 2.26. The second-order valence-corrected chi connectivity index (χ2v) is 21.8. The molecule has 1 heterocycles. The number of aliphatic hydroxyl groups is 5. The number of carbonyl (C=O) groups excluding carboxylic acids is 2. The fraction of sp³-hybridized carbons (Fsp3) is 0.710. The van der Waals surface area contributed by atoms with Gasteiger partial charge in [0.2, 0.25) is 5.91 Å². The lowest BCUT2D eigenvalue weighted by Crippen LogP contribution is -2.61. The molecule has 0 spiro atoms. The average molecular weight is 1120 g/mol. The zero-order valence-electron chi connectivity index (χ0n) is 50.7. The Labute approximate surface area is 488 Å². The predicted molar refractivity (Wildman–Crippen MR) is 333 cm³/mol. The molecule has 11 heteroatoms. The van der Waals surface area contributed by atoms with Crippen molar-refractivity contribution >= 4 is 11.9 Å². The second kappa shape index (κ2) is 55.8. The summed E-state index contributed by atoms with van der Waals surface area (Å²) in [7, 11) is 0. The number of aliphatic hydroxyl groups excluding tert-OH is 5. The third-order valence-electron chi connectivity index (χ3n) is 14.4. The Bertz CT molecular complexity index is 1710. The van der Waals surface area contributed by atoms with Crippen molar-refractivity contribution in [3.63, 3.8) is 0 Å². The molecule has 0 aromatic heterocycles. The van der Waals surface area contributed by atoms with Crippen LogP contribution in [0.5, 0.6) is 0 Å². The van der Waals surface area contributed by atoms with Gasteiger partial charge in [-0.15, -0.1) is 0 Å². The van der Waals surface area contributed by atoms with Gasteiger partial charge in [-0.05, 0) is 109 Å². The summed E-state index contributed by atoms with van der Waals surface area (Å²) in [5, 5.41) is 57.0. The minimum atomic E-state index is -1.63. The molecule has 0 aromatic rings.